The van der Waals surface area contributed by atoms with Crippen molar-refractivity contribution in [1.29, 1.82) is 0 Å². The summed E-state index contributed by atoms with van der Waals surface area (Å²) in [5, 5.41) is 17.5. The van der Waals surface area contributed by atoms with Crippen LogP contribution < -0.4 is 5.32 Å². The Balaban J connectivity index is 3.81. The second-order valence-corrected chi connectivity index (χ2v) is 7.46. The molecule has 0 saturated carbocycles. The average Bonchev–Trinajstić information content (AvgIpc) is 2.33. The lowest BCUT2D eigenvalue weighted by atomic mass is 9.65. The number of rotatable bonds is 4. The molecule has 1 fully saturated rings. The number of aliphatic hydroxyl groups is 2. The van der Waals surface area contributed by atoms with E-state index in [0.717, 1.165) is 0 Å². The van der Waals surface area contributed by atoms with Crippen LogP contribution in [0.2, 0.25) is 0 Å². The van der Waals surface area contributed by atoms with Gasteiger partial charge in [0.2, 0.25) is 11.4 Å². The van der Waals surface area contributed by atoms with Crippen LogP contribution in [0.4, 0.5) is 26.3 Å². The second-order valence-electron chi connectivity index (χ2n) is 6.58. The van der Waals surface area contributed by atoms with Crippen molar-refractivity contribution in [3.05, 3.63) is 0 Å². The predicted molar refractivity (Wildman–Crippen MR) is 83.1 cm³/mol. The smallest absolute Gasteiger partial charge is 0.367 e. The lowest BCUT2D eigenvalue weighted by Crippen LogP contribution is -2.81. The van der Waals surface area contributed by atoms with E-state index in [-0.39, 0.29) is 0 Å². The summed E-state index contributed by atoms with van der Waals surface area (Å²) in [4.78, 5) is 23.5. The summed E-state index contributed by atoms with van der Waals surface area (Å²) in [6, 6.07) is 0. The first kappa shape index (κ1) is 23.5. The summed E-state index contributed by atoms with van der Waals surface area (Å²) in [6.45, 7) is 2.84. The Morgan fingerprint density at radius 2 is 1.27 bits per heavy atom. The number of halogens is 6. The molecule has 5 nitrogen and oxygen atoms in total. The molecule has 0 aromatic rings. The third kappa shape index (κ3) is 3.86. The molecule has 4 atom stereocenters. The molecule has 26 heavy (non-hydrogen) atoms. The van der Waals surface area contributed by atoms with Crippen LogP contribution in [0.3, 0.4) is 0 Å². The van der Waals surface area contributed by atoms with Gasteiger partial charge in [0.05, 0.1) is 11.8 Å². The monoisotopic (exact) mass is 429 g/mol. The van der Waals surface area contributed by atoms with E-state index in [0.29, 0.717) is 5.32 Å². The van der Waals surface area contributed by atoms with Gasteiger partial charge in [-0.3, -0.25) is 9.59 Å². The van der Waals surface area contributed by atoms with Crippen molar-refractivity contribution in [3.63, 3.8) is 0 Å². The zero-order valence-electron chi connectivity index (χ0n) is 13.4. The van der Waals surface area contributed by atoms with Crippen LogP contribution in [0.5, 0.6) is 0 Å². The van der Waals surface area contributed by atoms with Gasteiger partial charge in [-0.1, -0.05) is 13.8 Å². The van der Waals surface area contributed by atoms with Gasteiger partial charge in [0.25, 0.3) is 0 Å². The van der Waals surface area contributed by atoms with Crippen molar-refractivity contribution in [3.8, 4) is 0 Å². The number of alkyl halides is 6. The average molecular weight is 429 g/mol. The molecule has 0 aromatic heterocycles. The molecule has 1 saturated heterocycles. The maximum atomic E-state index is 13.4. The quantitative estimate of drug-likeness (QED) is 0.348. The van der Waals surface area contributed by atoms with E-state index in [1.807, 2.05) is 0 Å². The summed E-state index contributed by atoms with van der Waals surface area (Å²) in [7, 11) is 0. The number of hydrogen-bond donors (Lipinski definition) is 5. The Bertz CT molecular complexity index is 540. The van der Waals surface area contributed by atoms with E-state index >= 15 is 0 Å². The van der Waals surface area contributed by atoms with Gasteiger partial charge < -0.3 is 10.2 Å². The van der Waals surface area contributed by atoms with Crippen LogP contribution in [0.15, 0.2) is 0 Å². The van der Waals surface area contributed by atoms with Crippen molar-refractivity contribution in [2.45, 2.75) is 44.1 Å². The van der Waals surface area contributed by atoms with E-state index in [9.17, 15) is 46.1 Å². The maximum Gasteiger partial charge on any atom is 0.431 e. The van der Waals surface area contributed by atoms with Gasteiger partial charge in [-0.2, -0.15) is 26.3 Å². The fourth-order valence-electron chi connectivity index (χ4n) is 3.29. The molecule has 0 bridgehead atoms. The van der Waals surface area contributed by atoms with E-state index in [1.165, 1.54) is 13.8 Å². The summed E-state index contributed by atoms with van der Waals surface area (Å²) in [5.74, 6) is -7.79. The molecule has 1 aliphatic rings. The summed E-state index contributed by atoms with van der Waals surface area (Å²) in [5.41, 5.74) is -8.93. The first-order valence-electron chi connectivity index (χ1n) is 7.23. The third-order valence-corrected chi connectivity index (χ3v) is 4.83. The van der Waals surface area contributed by atoms with Crippen LogP contribution >= 0.6 is 25.3 Å². The van der Waals surface area contributed by atoms with Crippen LogP contribution in [-0.4, -0.2) is 44.2 Å². The molecule has 0 aromatic carbocycles. The van der Waals surface area contributed by atoms with E-state index < -0.39 is 64.1 Å². The van der Waals surface area contributed by atoms with E-state index in [4.69, 9.17) is 0 Å². The summed E-state index contributed by atoms with van der Waals surface area (Å²) >= 11 is 6.54. The highest BCUT2D eigenvalue weighted by Crippen LogP contribution is 2.54. The Kier molecular flexibility index (Phi) is 6.47. The molecule has 0 amide bonds. The second kappa shape index (κ2) is 7.15. The molecule has 0 radical (unpaired) electrons. The summed E-state index contributed by atoms with van der Waals surface area (Å²) < 4.78 is 80.6. The minimum Gasteiger partial charge on any atom is -0.367 e. The fourth-order valence-corrected chi connectivity index (χ4v) is 4.05. The zero-order chi connectivity index (χ0) is 20.9. The van der Waals surface area contributed by atoms with Crippen molar-refractivity contribution in [2.75, 3.05) is 0 Å². The number of thiol groups is 2. The standard InChI is InChI=1S/C13H17F6NO4S2/c1-4(2)3-5-6(8(21)25)10(23,12(14,15)16)20-11(24,13(17,18)19)7(5)9(22)26/h4-7,20,23-24H,3H2,1-2H3,(H,21,25)(H,22,26). The van der Waals surface area contributed by atoms with Gasteiger partial charge in [-0.05, 0) is 18.3 Å². The molecule has 3 N–H and O–H groups in total. The van der Waals surface area contributed by atoms with Gasteiger partial charge in [0.15, 0.2) is 10.2 Å². The molecule has 1 rings (SSSR count). The largest absolute Gasteiger partial charge is 0.431 e. The van der Waals surface area contributed by atoms with E-state index in [1.54, 1.807) is 0 Å². The Morgan fingerprint density at radius 3 is 1.46 bits per heavy atom. The van der Waals surface area contributed by atoms with Crippen molar-refractivity contribution in [1.82, 2.24) is 5.32 Å². The first-order valence-corrected chi connectivity index (χ1v) is 8.12. The molecular formula is C13H17F6NO4S2. The molecule has 152 valence electrons. The number of nitrogens with one attached hydrogen (secondary N) is 1. The van der Waals surface area contributed by atoms with Crippen molar-refractivity contribution in [2.24, 2.45) is 23.7 Å². The zero-order valence-corrected chi connectivity index (χ0v) is 15.2. The van der Waals surface area contributed by atoms with Crippen LogP contribution in [-0.2, 0) is 9.59 Å². The first-order chi connectivity index (χ1) is 11.4. The maximum absolute atomic E-state index is 13.4. The number of hydrogen-bond acceptors (Lipinski definition) is 5. The van der Waals surface area contributed by atoms with Crippen LogP contribution in [0.1, 0.15) is 20.3 Å². The topological polar surface area (TPSA) is 86.6 Å². The lowest BCUT2D eigenvalue weighted by Gasteiger charge is -2.54. The van der Waals surface area contributed by atoms with Gasteiger partial charge in [-0.25, -0.2) is 5.32 Å². The Morgan fingerprint density at radius 1 is 0.962 bits per heavy atom. The van der Waals surface area contributed by atoms with Gasteiger partial charge in [0, 0.05) is 0 Å². The Hall–Kier alpha value is -0.500. The fraction of sp³-hybridized carbons (Fsp3) is 0.846. The normalized spacial score (nSPS) is 36.3. The van der Waals surface area contributed by atoms with Crippen molar-refractivity contribution < 1.29 is 46.1 Å². The highest BCUT2D eigenvalue weighted by atomic mass is 32.1. The number of carbonyl (C=O) groups is 2. The van der Waals surface area contributed by atoms with Gasteiger partial charge in [-0.15, -0.1) is 25.3 Å². The highest BCUT2D eigenvalue weighted by Gasteiger charge is 2.76. The molecule has 1 aliphatic heterocycles. The number of carbonyl (C=O) groups excluding carboxylic acids is 2. The Labute approximate surface area is 155 Å². The molecule has 1 heterocycles. The number of piperidine rings is 1. The van der Waals surface area contributed by atoms with Crippen LogP contribution in [0, 0.1) is 23.7 Å². The highest BCUT2D eigenvalue weighted by molar-refractivity contribution is 7.97. The van der Waals surface area contributed by atoms with Crippen molar-refractivity contribution >= 4 is 35.5 Å². The third-order valence-electron chi connectivity index (χ3n) is 4.28. The molecule has 4 unspecified atom stereocenters. The SMILES string of the molecule is CC(C)CC1C(C(=O)S)C(O)(C(F)(F)F)NC(O)(C(F)(F)F)C1C(=O)S. The molecular weight excluding hydrogens is 412 g/mol. The van der Waals surface area contributed by atoms with Gasteiger partial charge >= 0.3 is 12.4 Å². The lowest BCUT2D eigenvalue weighted by molar-refractivity contribution is -0.378. The molecule has 0 spiro atoms. The van der Waals surface area contributed by atoms with Crippen LogP contribution in [0.25, 0.3) is 0 Å². The summed E-state index contributed by atoms with van der Waals surface area (Å²) in [6.07, 6.45) is -12.1. The van der Waals surface area contributed by atoms with Gasteiger partial charge in [0.1, 0.15) is 0 Å². The minimum atomic E-state index is -5.80. The molecule has 0 aliphatic carbocycles. The predicted octanol–water partition coefficient (Wildman–Crippen LogP) is 1.90. The van der Waals surface area contributed by atoms with E-state index in [2.05, 4.69) is 25.3 Å². The molecule has 13 heteroatoms. The minimum absolute atomic E-state index is 0.521.